The first-order chi connectivity index (χ1) is 9.58. The summed E-state index contributed by atoms with van der Waals surface area (Å²) in [4.78, 5) is 10.6. The van der Waals surface area contributed by atoms with E-state index >= 15 is 0 Å². The van der Waals surface area contributed by atoms with Gasteiger partial charge in [0.15, 0.2) is 0 Å². The number of nitrogens with zero attached hydrogens (tertiary/aromatic N) is 2. The second-order valence-electron chi connectivity index (χ2n) is 5.88. The first-order valence-electron chi connectivity index (χ1n) is 7.53. The van der Waals surface area contributed by atoms with E-state index < -0.39 is 17.3 Å². The molecule has 0 aromatic rings. The molecule has 0 radical (unpaired) electrons. The van der Waals surface area contributed by atoms with Gasteiger partial charge in [0.25, 0.3) is 0 Å². The number of hydrogen-bond acceptors (Lipinski definition) is 4. The van der Waals surface area contributed by atoms with Crippen LogP contribution in [-0.2, 0) is 15.4 Å². The van der Waals surface area contributed by atoms with Gasteiger partial charge < -0.3 is 0 Å². The molecule has 2 fully saturated rings. The maximum absolute atomic E-state index is 12.2. The van der Waals surface area contributed by atoms with E-state index in [1.807, 2.05) is 7.05 Å². The van der Waals surface area contributed by atoms with Crippen molar-refractivity contribution in [1.29, 1.82) is 0 Å². The van der Waals surface area contributed by atoms with Gasteiger partial charge >= 0.3 is 0 Å². The summed E-state index contributed by atoms with van der Waals surface area (Å²) in [5, 5.41) is 10.8. The van der Waals surface area contributed by atoms with Gasteiger partial charge in [0.2, 0.25) is 17.3 Å². The first kappa shape index (κ1) is 15.9. The summed E-state index contributed by atoms with van der Waals surface area (Å²) >= 11 is -1.48. The Bertz CT molecular complexity index is 360. The highest BCUT2D eigenvalue weighted by molar-refractivity contribution is 7.77. The van der Waals surface area contributed by atoms with E-state index in [1.165, 1.54) is 19.3 Å². The maximum atomic E-state index is 12.2. The lowest BCUT2D eigenvalue weighted by atomic mass is 9.94. The molecule has 2 rings (SSSR count). The third-order valence-corrected chi connectivity index (χ3v) is 5.64. The fraction of sp³-hybridized carbons (Fsp3) is 1.00. The van der Waals surface area contributed by atoms with E-state index in [0.717, 1.165) is 25.7 Å². The van der Waals surface area contributed by atoms with Crippen molar-refractivity contribution in [2.24, 2.45) is 0 Å². The zero-order chi connectivity index (χ0) is 14.5. The van der Waals surface area contributed by atoms with E-state index in [1.54, 1.807) is 4.31 Å². The highest BCUT2D eigenvalue weighted by atomic mass is 32.2. The zero-order valence-corrected chi connectivity index (χ0v) is 12.8. The highest BCUT2D eigenvalue weighted by Gasteiger charge is 2.33. The normalized spacial score (nSPS) is 30.3. The summed E-state index contributed by atoms with van der Waals surface area (Å²) in [5.74, 6) is 0. The summed E-state index contributed by atoms with van der Waals surface area (Å²) in [6.07, 6.45) is 8.04. The monoisotopic (exact) mass is 304 g/mol. The molecular formula is C13H24N2O4S. The fourth-order valence-electron chi connectivity index (χ4n) is 3.15. The maximum Gasteiger partial charge on any atom is 0.237 e. The first-order valence-corrected chi connectivity index (χ1v) is 8.56. The van der Waals surface area contributed by atoms with Crippen molar-refractivity contribution in [2.75, 3.05) is 7.05 Å². The number of hydrogen-bond donors (Lipinski definition) is 0. The fourth-order valence-corrected chi connectivity index (χ4v) is 4.15. The van der Waals surface area contributed by atoms with Crippen molar-refractivity contribution >= 4 is 11.3 Å². The molecule has 0 saturated heterocycles. The summed E-state index contributed by atoms with van der Waals surface area (Å²) in [5.41, 5.74) is 0. The van der Waals surface area contributed by atoms with Crippen LogP contribution in [-0.4, -0.2) is 38.7 Å². The third-order valence-electron chi connectivity index (χ3n) is 4.44. The van der Waals surface area contributed by atoms with Crippen molar-refractivity contribution in [3.8, 4) is 0 Å². The lowest BCUT2D eigenvalue weighted by Crippen LogP contribution is -2.39. The standard InChI is InChI=1S/C13H24N2O4S/c1-14(11-6-3-2-4-7-11)20(18)19-13-9-5-8-12(10-13)15(16)17/h11-13H,2-10H2,1H3. The Kier molecular flexibility index (Phi) is 5.92. The molecule has 2 aliphatic rings. The Morgan fingerprint density at radius 1 is 1.15 bits per heavy atom. The van der Waals surface area contributed by atoms with E-state index in [0.29, 0.717) is 18.9 Å². The lowest BCUT2D eigenvalue weighted by Gasteiger charge is -2.31. The van der Waals surface area contributed by atoms with Gasteiger partial charge in [-0.25, -0.2) is 8.51 Å². The molecule has 6 nitrogen and oxygen atoms in total. The van der Waals surface area contributed by atoms with Crippen LogP contribution in [0.15, 0.2) is 0 Å². The Labute approximate surface area is 122 Å². The molecular weight excluding hydrogens is 280 g/mol. The van der Waals surface area contributed by atoms with Gasteiger partial charge in [0.05, 0.1) is 6.10 Å². The Hall–Kier alpha value is -0.530. The van der Waals surface area contributed by atoms with Crippen molar-refractivity contribution < 1.29 is 13.3 Å². The minimum atomic E-state index is -1.48. The zero-order valence-electron chi connectivity index (χ0n) is 12.0. The molecule has 0 aromatic carbocycles. The quantitative estimate of drug-likeness (QED) is 0.577. The van der Waals surface area contributed by atoms with Crippen LogP contribution in [0.2, 0.25) is 0 Å². The Balaban J connectivity index is 1.82. The molecule has 116 valence electrons. The molecule has 0 aromatic heterocycles. The van der Waals surface area contributed by atoms with Crippen LogP contribution in [0.1, 0.15) is 57.8 Å². The lowest BCUT2D eigenvalue weighted by molar-refractivity contribution is -0.528. The summed E-state index contributed by atoms with van der Waals surface area (Å²) in [6, 6.07) is -0.217. The minimum absolute atomic E-state index is 0.233. The van der Waals surface area contributed by atoms with Gasteiger partial charge in [-0.1, -0.05) is 19.3 Å². The van der Waals surface area contributed by atoms with Crippen molar-refractivity contribution in [2.45, 2.75) is 76.0 Å². The van der Waals surface area contributed by atoms with E-state index in [4.69, 9.17) is 4.18 Å². The van der Waals surface area contributed by atoms with Crippen LogP contribution >= 0.6 is 0 Å². The largest absolute Gasteiger partial charge is 0.274 e. The molecule has 0 heterocycles. The summed E-state index contributed by atoms with van der Waals surface area (Å²) in [7, 11) is 1.83. The van der Waals surface area contributed by atoms with Crippen LogP contribution in [0.4, 0.5) is 0 Å². The molecule has 7 heteroatoms. The Morgan fingerprint density at radius 3 is 2.50 bits per heavy atom. The predicted octanol–water partition coefficient (Wildman–Crippen LogP) is 2.43. The van der Waals surface area contributed by atoms with Crippen LogP contribution in [0, 0.1) is 10.1 Å². The van der Waals surface area contributed by atoms with Crippen molar-refractivity contribution in [3.63, 3.8) is 0 Å². The average Bonchev–Trinajstić information content (AvgIpc) is 2.47. The molecule has 0 bridgehead atoms. The molecule has 2 saturated carbocycles. The molecule has 20 heavy (non-hydrogen) atoms. The topological polar surface area (TPSA) is 72.7 Å². The predicted molar refractivity (Wildman–Crippen MR) is 76.9 cm³/mol. The van der Waals surface area contributed by atoms with Gasteiger partial charge in [-0.05, 0) is 25.7 Å². The van der Waals surface area contributed by atoms with Gasteiger partial charge in [0.1, 0.15) is 0 Å². The third kappa shape index (κ3) is 4.23. The second kappa shape index (κ2) is 7.47. The number of nitro groups is 1. The second-order valence-corrected chi connectivity index (χ2v) is 7.08. The van der Waals surface area contributed by atoms with Gasteiger partial charge in [-0.15, -0.1) is 0 Å². The summed E-state index contributed by atoms with van der Waals surface area (Å²) in [6.45, 7) is 0. The molecule has 2 aliphatic carbocycles. The average molecular weight is 304 g/mol. The van der Waals surface area contributed by atoms with Gasteiger partial charge in [-0.2, -0.15) is 0 Å². The van der Waals surface area contributed by atoms with Crippen molar-refractivity contribution in [3.05, 3.63) is 10.1 Å². The van der Waals surface area contributed by atoms with Crippen LogP contribution in [0.25, 0.3) is 0 Å². The van der Waals surface area contributed by atoms with E-state index in [2.05, 4.69) is 0 Å². The van der Waals surface area contributed by atoms with Crippen molar-refractivity contribution in [1.82, 2.24) is 4.31 Å². The van der Waals surface area contributed by atoms with E-state index in [9.17, 15) is 14.3 Å². The van der Waals surface area contributed by atoms with Crippen LogP contribution in [0.3, 0.4) is 0 Å². The minimum Gasteiger partial charge on any atom is -0.274 e. The SMILES string of the molecule is CN(C1CCCCC1)S(=O)OC1CCCC([N+](=O)[O-])C1. The van der Waals surface area contributed by atoms with Crippen LogP contribution < -0.4 is 0 Å². The molecule has 0 amide bonds. The molecule has 3 atom stereocenters. The smallest absolute Gasteiger partial charge is 0.237 e. The van der Waals surface area contributed by atoms with Crippen LogP contribution in [0.5, 0.6) is 0 Å². The Morgan fingerprint density at radius 2 is 1.85 bits per heavy atom. The molecule has 0 N–H and O–H groups in total. The molecule has 3 unspecified atom stereocenters. The highest BCUT2D eigenvalue weighted by Crippen LogP contribution is 2.26. The van der Waals surface area contributed by atoms with Gasteiger partial charge in [0, 0.05) is 30.9 Å². The molecule has 0 spiro atoms. The number of rotatable bonds is 5. The van der Waals surface area contributed by atoms with Gasteiger partial charge in [-0.3, -0.25) is 14.3 Å². The summed E-state index contributed by atoms with van der Waals surface area (Å²) < 4.78 is 19.6. The molecule has 0 aliphatic heterocycles. The van der Waals surface area contributed by atoms with E-state index in [-0.39, 0.29) is 11.0 Å².